The molecule has 0 saturated carbocycles. The first kappa shape index (κ1) is 20.3. The summed E-state index contributed by atoms with van der Waals surface area (Å²) in [4.78, 5) is 22.5. The molecule has 144 valence electrons. The standard InChI is InChI=1S/C16H24N4O5S/c1-11-8-14(20(22)23)15(9-12(11)2)26(24,25)19-7-3-4-13(10-19)16(21)18-6-5-17/h8-9,13H,3-7,10,17H2,1-2H3,(H,18,21). The zero-order chi connectivity index (χ0) is 19.5. The third kappa shape index (κ3) is 4.19. The Hall–Kier alpha value is -2.04. The van der Waals surface area contributed by atoms with E-state index in [1.54, 1.807) is 13.8 Å². The van der Waals surface area contributed by atoms with Crippen molar-refractivity contribution in [3.63, 3.8) is 0 Å². The van der Waals surface area contributed by atoms with Gasteiger partial charge in [-0.15, -0.1) is 0 Å². The summed E-state index contributed by atoms with van der Waals surface area (Å²) in [6, 6.07) is 2.61. The molecule has 1 amide bonds. The normalized spacial score (nSPS) is 18.5. The highest BCUT2D eigenvalue weighted by atomic mass is 32.2. The molecular weight excluding hydrogens is 360 g/mol. The van der Waals surface area contributed by atoms with Crippen molar-refractivity contribution in [1.82, 2.24) is 9.62 Å². The van der Waals surface area contributed by atoms with Crippen LogP contribution in [0.15, 0.2) is 17.0 Å². The SMILES string of the molecule is Cc1cc([N+](=O)[O-])c(S(=O)(=O)N2CCCC(C(=O)NCCN)C2)cc1C. The van der Waals surface area contributed by atoms with Crippen molar-refractivity contribution in [3.05, 3.63) is 33.4 Å². The van der Waals surface area contributed by atoms with Gasteiger partial charge in [-0.1, -0.05) is 0 Å². The maximum atomic E-state index is 13.0. The molecule has 1 aliphatic rings. The van der Waals surface area contributed by atoms with E-state index in [-0.39, 0.29) is 23.9 Å². The Morgan fingerprint density at radius 2 is 2.04 bits per heavy atom. The fourth-order valence-corrected chi connectivity index (χ4v) is 4.72. The molecule has 1 saturated heterocycles. The van der Waals surface area contributed by atoms with Crippen LogP contribution in [0.1, 0.15) is 24.0 Å². The molecule has 0 radical (unpaired) electrons. The highest BCUT2D eigenvalue weighted by molar-refractivity contribution is 7.89. The Balaban J connectivity index is 2.34. The van der Waals surface area contributed by atoms with Gasteiger partial charge in [0.05, 0.1) is 10.8 Å². The fraction of sp³-hybridized carbons (Fsp3) is 0.562. The number of piperidine rings is 1. The lowest BCUT2D eigenvalue weighted by atomic mass is 9.99. The average Bonchev–Trinajstić information content (AvgIpc) is 2.61. The van der Waals surface area contributed by atoms with Crippen molar-refractivity contribution >= 4 is 21.6 Å². The summed E-state index contributed by atoms with van der Waals surface area (Å²) in [5.74, 6) is -0.736. The Kier molecular flexibility index (Phi) is 6.32. The quantitative estimate of drug-likeness (QED) is 0.547. The van der Waals surface area contributed by atoms with E-state index < -0.39 is 26.6 Å². The van der Waals surface area contributed by atoms with Crippen molar-refractivity contribution in [2.24, 2.45) is 11.7 Å². The number of hydrogen-bond acceptors (Lipinski definition) is 6. The van der Waals surface area contributed by atoms with Gasteiger partial charge in [0.1, 0.15) is 0 Å². The van der Waals surface area contributed by atoms with Gasteiger partial charge < -0.3 is 11.1 Å². The number of benzene rings is 1. The molecule has 1 fully saturated rings. The van der Waals surface area contributed by atoms with Gasteiger partial charge in [0.15, 0.2) is 4.90 Å². The molecule has 9 nitrogen and oxygen atoms in total. The average molecular weight is 384 g/mol. The third-order valence-electron chi connectivity index (χ3n) is 4.59. The zero-order valence-corrected chi connectivity index (χ0v) is 15.7. The maximum absolute atomic E-state index is 13.0. The molecule has 3 N–H and O–H groups in total. The number of carbonyl (C=O) groups excluding carboxylic acids is 1. The van der Waals surface area contributed by atoms with E-state index in [9.17, 15) is 23.3 Å². The minimum absolute atomic E-state index is 0.00279. The van der Waals surface area contributed by atoms with Gasteiger partial charge in [-0.05, 0) is 43.9 Å². The molecule has 10 heteroatoms. The van der Waals surface area contributed by atoms with Crippen LogP contribution in [0.4, 0.5) is 5.69 Å². The number of sulfonamides is 1. The lowest BCUT2D eigenvalue weighted by Gasteiger charge is -2.31. The number of nitrogens with two attached hydrogens (primary N) is 1. The van der Waals surface area contributed by atoms with Crippen LogP contribution in [-0.2, 0) is 14.8 Å². The summed E-state index contributed by atoms with van der Waals surface area (Å²) >= 11 is 0. The van der Waals surface area contributed by atoms with Crippen molar-refractivity contribution in [2.75, 3.05) is 26.2 Å². The van der Waals surface area contributed by atoms with Crippen LogP contribution in [0.5, 0.6) is 0 Å². The third-order valence-corrected chi connectivity index (χ3v) is 6.48. The number of aryl methyl sites for hydroxylation is 2. The molecule has 0 aliphatic carbocycles. The van der Waals surface area contributed by atoms with Gasteiger partial charge >= 0.3 is 0 Å². The first-order valence-corrected chi connectivity index (χ1v) is 9.86. The summed E-state index contributed by atoms with van der Waals surface area (Å²) in [5.41, 5.74) is 6.23. The largest absolute Gasteiger partial charge is 0.355 e. The fourth-order valence-electron chi connectivity index (χ4n) is 2.98. The highest BCUT2D eigenvalue weighted by Crippen LogP contribution is 2.32. The summed E-state index contributed by atoms with van der Waals surface area (Å²) in [7, 11) is -4.08. The molecule has 1 atom stereocenters. The van der Waals surface area contributed by atoms with E-state index in [0.29, 0.717) is 37.1 Å². The van der Waals surface area contributed by atoms with E-state index in [4.69, 9.17) is 5.73 Å². The Morgan fingerprint density at radius 1 is 1.38 bits per heavy atom. The van der Waals surface area contributed by atoms with Gasteiger partial charge in [0, 0.05) is 32.2 Å². The topological polar surface area (TPSA) is 136 Å². The summed E-state index contributed by atoms with van der Waals surface area (Å²) in [5, 5.41) is 14.0. The Bertz CT molecular complexity index is 809. The molecule has 2 rings (SSSR count). The lowest BCUT2D eigenvalue weighted by Crippen LogP contribution is -2.46. The van der Waals surface area contributed by atoms with Crippen molar-refractivity contribution in [2.45, 2.75) is 31.6 Å². The van der Waals surface area contributed by atoms with Gasteiger partial charge in [-0.2, -0.15) is 4.31 Å². The smallest absolute Gasteiger partial charge is 0.289 e. The molecule has 0 bridgehead atoms. The highest BCUT2D eigenvalue weighted by Gasteiger charge is 2.37. The second kappa shape index (κ2) is 8.11. The molecule has 1 aromatic rings. The van der Waals surface area contributed by atoms with Crippen LogP contribution in [0, 0.1) is 29.9 Å². The van der Waals surface area contributed by atoms with E-state index in [1.165, 1.54) is 16.4 Å². The van der Waals surface area contributed by atoms with Gasteiger partial charge in [0.2, 0.25) is 15.9 Å². The van der Waals surface area contributed by atoms with E-state index >= 15 is 0 Å². The summed E-state index contributed by atoms with van der Waals surface area (Å²) in [6.45, 7) is 4.25. The van der Waals surface area contributed by atoms with Gasteiger partial charge in [-0.3, -0.25) is 14.9 Å². The van der Waals surface area contributed by atoms with Crippen LogP contribution in [0.25, 0.3) is 0 Å². The first-order chi connectivity index (χ1) is 12.2. The number of amides is 1. The number of rotatable bonds is 6. The number of hydrogen-bond donors (Lipinski definition) is 2. The molecule has 1 aliphatic heterocycles. The van der Waals surface area contributed by atoms with E-state index in [0.717, 1.165) is 0 Å². The molecule has 26 heavy (non-hydrogen) atoms. The molecule has 1 heterocycles. The van der Waals surface area contributed by atoms with Gasteiger partial charge in [-0.25, -0.2) is 8.42 Å². The monoisotopic (exact) mass is 384 g/mol. The zero-order valence-electron chi connectivity index (χ0n) is 14.9. The molecule has 1 aromatic carbocycles. The van der Waals surface area contributed by atoms with Crippen molar-refractivity contribution in [1.29, 1.82) is 0 Å². The molecule has 1 unspecified atom stereocenters. The minimum Gasteiger partial charge on any atom is -0.355 e. The number of nitrogens with zero attached hydrogens (tertiary/aromatic N) is 2. The lowest BCUT2D eigenvalue weighted by molar-refractivity contribution is -0.387. The summed E-state index contributed by atoms with van der Waals surface area (Å²) < 4.78 is 27.2. The van der Waals surface area contributed by atoms with Crippen LogP contribution in [0.2, 0.25) is 0 Å². The second-order valence-electron chi connectivity index (χ2n) is 6.44. The molecular formula is C16H24N4O5S. The number of carbonyl (C=O) groups is 1. The predicted octanol–water partition coefficient (Wildman–Crippen LogP) is 0.687. The molecule has 0 spiro atoms. The van der Waals surface area contributed by atoms with Crippen LogP contribution >= 0.6 is 0 Å². The van der Waals surface area contributed by atoms with Gasteiger partial charge in [0.25, 0.3) is 5.69 Å². The first-order valence-electron chi connectivity index (χ1n) is 8.42. The molecule has 0 aromatic heterocycles. The Labute approximate surface area is 152 Å². The number of nitrogens with one attached hydrogen (secondary N) is 1. The number of nitro groups is 1. The van der Waals surface area contributed by atoms with Crippen LogP contribution in [0.3, 0.4) is 0 Å². The van der Waals surface area contributed by atoms with Crippen LogP contribution in [-0.4, -0.2) is 49.7 Å². The van der Waals surface area contributed by atoms with Crippen molar-refractivity contribution < 1.29 is 18.1 Å². The minimum atomic E-state index is -4.08. The second-order valence-corrected chi connectivity index (χ2v) is 8.35. The number of nitro benzene ring substituents is 1. The van der Waals surface area contributed by atoms with Crippen LogP contribution < -0.4 is 11.1 Å². The maximum Gasteiger partial charge on any atom is 0.289 e. The summed E-state index contributed by atoms with van der Waals surface area (Å²) in [6.07, 6.45) is 1.08. The van der Waals surface area contributed by atoms with E-state index in [2.05, 4.69) is 5.32 Å². The Morgan fingerprint density at radius 3 is 2.65 bits per heavy atom. The van der Waals surface area contributed by atoms with E-state index in [1.807, 2.05) is 0 Å². The van der Waals surface area contributed by atoms with Crippen molar-refractivity contribution in [3.8, 4) is 0 Å². The predicted molar refractivity (Wildman–Crippen MR) is 96.1 cm³/mol.